The number of allylic oxidation sites excluding steroid dienone is 5. The van der Waals surface area contributed by atoms with Crippen LogP contribution >= 0.6 is 0 Å². The molecular weight excluding hydrogens is 695 g/mol. The average Bonchev–Trinajstić information content (AvgIpc) is 3.80. The minimum Gasteiger partial charge on any atom is -0.307 e. The highest BCUT2D eigenvalue weighted by Crippen LogP contribution is 2.42. The van der Waals surface area contributed by atoms with Gasteiger partial charge in [0.25, 0.3) is 0 Å². The zero-order valence-corrected chi connectivity index (χ0v) is 31.4. The Morgan fingerprint density at radius 1 is 0.474 bits per heavy atom. The van der Waals surface area contributed by atoms with Crippen molar-refractivity contribution in [1.82, 2.24) is 24.1 Å². The van der Waals surface area contributed by atoms with Crippen LogP contribution in [-0.4, -0.2) is 24.1 Å². The second-order valence-electron chi connectivity index (χ2n) is 14.1. The van der Waals surface area contributed by atoms with Gasteiger partial charge in [-0.05, 0) is 59.5 Å². The maximum Gasteiger partial charge on any atom is 0.238 e. The lowest BCUT2D eigenvalue weighted by atomic mass is 9.99. The standard InChI is InChI=1S/C52H37N5/c1-3-4-7-18-35(2)50-53-51(37-21-10-6-11-22-37)55-52(54-50)57-47-30-15-13-28-43(47)45-32-31-44-42-27-12-14-29-46(42)56(48(44)49(45)57)41-26-17-25-40(34-41)39-24-16-23-38(33-39)36-19-8-5-9-20-36/h3-34H,2H2,1H3/b4-3-,18-7-. The summed E-state index contributed by atoms with van der Waals surface area (Å²) >= 11 is 0. The summed E-state index contributed by atoms with van der Waals surface area (Å²) in [5.74, 6) is 1.63. The number of benzene rings is 7. The lowest BCUT2D eigenvalue weighted by Gasteiger charge is -2.14. The summed E-state index contributed by atoms with van der Waals surface area (Å²) in [6.45, 7) is 6.37. The van der Waals surface area contributed by atoms with Gasteiger partial charge in [0.15, 0.2) is 11.6 Å². The molecule has 10 rings (SSSR count). The van der Waals surface area contributed by atoms with Gasteiger partial charge < -0.3 is 4.57 Å². The van der Waals surface area contributed by atoms with E-state index in [4.69, 9.17) is 15.0 Å². The van der Waals surface area contributed by atoms with Gasteiger partial charge in [-0.25, -0.2) is 4.98 Å². The molecule has 0 N–H and O–H groups in total. The number of fused-ring (bicyclic) bond motifs is 7. The van der Waals surface area contributed by atoms with Gasteiger partial charge in [0.1, 0.15) is 0 Å². The average molecular weight is 732 g/mol. The molecule has 10 aromatic rings. The van der Waals surface area contributed by atoms with Crippen molar-refractivity contribution in [3.63, 3.8) is 0 Å². The fourth-order valence-corrected chi connectivity index (χ4v) is 7.99. The molecule has 0 aliphatic heterocycles. The fraction of sp³-hybridized carbons (Fsp3) is 0.0192. The first kappa shape index (κ1) is 33.9. The van der Waals surface area contributed by atoms with E-state index in [0.29, 0.717) is 23.2 Å². The summed E-state index contributed by atoms with van der Waals surface area (Å²) in [5.41, 5.74) is 11.6. The van der Waals surface area contributed by atoms with Crippen LogP contribution in [0.1, 0.15) is 12.7 Å². The molecule has 0 radical (unpaired) electrons. The lowest BCUT2D eigenvalue weighted by Crippen LogP contribution is -2.08. The van der Waals surface area contributed by atoms with Gasteiger partial charge in [-0.1, -0.05) is 170 Å². The van der Waals surface area contributed by atoms with Crippen molar-refractivity contribution in [1.29, 1.82) is 0 Å². The molecule has 5 heteroatoms. The molecule has 0 atom stereocenters. The highest BCUT2D eigenvalue weighted by Gasteiger charge is 2.23. The Morgan fingerprint density at radius 3 is 1.70 bits per heavy atom. The summed E-state index contributed by atoms with van der Waals surface area (Å²) in [7, 11) is 0. The molecule has 5 nitrogen and oxygen atoms in total. The summed E-state index contributed by atoms with van der Waals surface area (Å²) in [4.78, 5) is 15.4. The molecule has 3 aromatic heterocycles. The van der Waals surface area contributed by atoms with Crippen LogP contribution in [-0.2, 0) is 0 Å². The van der Waals surface area contributed by atoms with E-state index in [2.05, 4.69) is 155 Å². The molecule has 7 aromatic carbocycles. The van der Waals surface area contributed by atoms with E-state index >= 15 is 0 Å². The van der Waals surface area contributed by atoms with Gasteiger partial charge in [-0.3, -0.25) is 4.57 Å². The molecule has 3 heterocycles. The molecule has 270 valence electrons. The normalized spacial score (nSPS) is 11.9. The Labute approximate surface area is 330 Å². The van der Waals surface area contributed by atoms with Crippen molar-refractivity contribution >= 4 is 49.2 Å². The zero-order chi connectivity index (χ0) is 38.3. The maximum atomic E-state index is 5.23. The molecule has 0 amide bonds. The first-order valence-corrected chi connectivity index (χ1v) is 19.2. The number of hydrogen-bond donors (Lipinski definition) is 0. The monoisotopic (exact) mass is 731 g/mol. The third-order valence-electron chi connectivity index (χ3n) is 10.6. The van der Waals surface area contributed by atoms with Crippen molar-refractivity contribution in [3.8, 4) is 45.3 Å². The fourth-order valence-electron chi connectivity index (χ4n) is 7.99. The summed E-state index contributed by atoms with van der Waals surface area (Å²) in [6, 6.07) is 60.0. The number of nitrogens with zero attached hydrogens (tertiary/aromatic N) is 5. The van der Waals surface area contributed by atoms with Gasteiger partial charge in [0.2, 0.25) is 5.95 Å². The van der Waals surface area contributed by atoms with Crippen LogP contribution in [0.2, 0.25) is 0 Å². The summed E-state index contributed by atoms with van der Waals surface area (Å²) in [5, 5.41) is 4.55. The molecular formula is C52H37N5. The van der Waals surface area contributed by atoms with Gasteiger partial charge >= 0.3 is 0 Å². The molecule has 0 saturated heterocycles. The van der Waals surface area contributed by atoms with Crippen LogP contribution in [0.4, 0.5) is 0 Å². The van der Waals surface area contributed by atoms with Crippen LogP contribution in [0.5, 0.6) is 0 Å². The number of aromatic nitrogens is 5. The number of rotatable bonds is 8. The van der Waals surface area contributed by atoms with Gasteiger partial charge in [-0.15, -0.1) is 0 Å². The molecule has 0 fully saturated rings. The third kappa shape index (κ3) is 5.94. The predicted molar refractivity (Wildman–Crippen MR) is 238 cm³/mol. The highest BCUT2D eigenvalue weighted by molar-refractivity contribution is 6.23. The van der Waals surface area contributed by atoms with Crippen LogP contribution in [0, 0.1) is 0 Å². The molecule has 0 bridgehead atoms. The summed E-state index contributed by atoms with van der Waals surface area (Å²) < 4.78 is 4.63. The van der Waals surface area contributed by atoms with Gasteiger partial charge in [0.05, 0.1) is 22.1 Å². The van der Waals surface area contributed by atoms with Crippen LogP contribution < -0.4 is 0 Å². The molecule has 0 aliphatic rings. The van der Waals surface area contributed by atoms with E-state index in [0.717, 1.165) is 60.6 Å². The van der Waals surface area contributed by atoms with Crippen LogP contribution in [0.3, 0.4) is 0 Å². The molecule has 0 aliphatic carbocycles. The van der Waals surface area contributed by atoms with Crippen molar-refractivity contribution in [2.75, 3.05) is 0 Å². The van der Waals surface area contributed by atoms with E-state index in [1.54, 1.807) is 0 Å². The topological polar surface area (TPSA) is 48.5 Å². The van der Waals surface area contributed by atoms with E-state index in [1.807, 2.05) is 61.6 Å². The number of hydrogen-bond acceptors (Lipinski definition) is 3. The molecule has 0 saturated carbocycles. The summed E-state index contributed by atoms with van der Waals surface area (Å²) in [6.07, 6.45) is 7.86. The van der Waals surface area contributed by atoms with Crippen LogP contribution in [0.25, 0.3) is 94.5 Å². The van der Waals surface area contributed by atoms with Crippen LogP contribution in [0.15, 0.2) is 201 Å². The SMILES string of the molecule is C=C(/C=C\C=C/C)c1nc(-c2ccccc2)nc(-n2c3ccccc3c3ccc4c5ccccc5n(-c5cccc(-c6cccc(-c7ccccc7)c6)c5)c4c32)n1. The minimum absolute atomic E-state index is 0.517. The lowest BCUT2D eigenvalue weighted by molar-refractivity contribution is 0.933. The third-order valence-corrected chi connectivity index (χ3v) is 10.6. The largest absolute Gasteiger partial charge is 0.307 e. The minimum atomic E-state index is 0.517. The van der Waals surface area contributed by atoms with Gasteiger partial charge in [-0.2, -0.15) is 9.97 Å². The van der Waals surface area contributed by atoms with Crippen molar-refractivity contribution in [2.24, 2.45) is 0 Å². The van der Waals surface area contributed by atoms with Crippen molar-refractivity contribution < 1.29 is 0 Å². The van der Waals surface area contributed by atoms with E-state index < -0.39 is 0 Å². The maximum absolute atomic E-state index is 5.23. The Morgan fingerprint density at radius 2 is 1.02 bits per heavy atom. The first-order valence-electron chi connectivity index (χ1n) is 19.2. The van der Waals surface area contributed by atoms with E-state index in [9.17, 15) is 0 Å². The van der Waals surface area contributed by atoms with E-state index in [1.165, 1.54) is 16.5 Å². The Balaban J connectivity index is 1.27. The first-order chi connectivity index (χ1) is 28.2. The zero-order valence-electron chi connectivity index (χ0n) is 31.4. The van der Waals surface area contributed by atoms with Crippen molar-refractivity contribution in [2.45, 2.75) is 6.92 Å². The number of para-hydroxylation sites is 2. The molecule has 0 spiro atoms. The molecule has 0 unspecified atom stereocenters. The predicted octanol–water partition coefficient (Wildman–Crippen LogP) is 13.2. The Bertz CT molecular complexity index is 3200. The highest BCUT2D eigenvalue weighted by atomic mass is 15.2. The molecule has 57 heavy (non-hydrogen) atoms. The second kappa shape index (κ2) is 14.2. The van der Waals surface area contributed by atoms with E-state index in [-0.39, 0.29) is 0 Å². The Hall–Kier alpha value is -7.63. The Kier molecular flexibility index (Phi) is 8.46. The smallest absolute Gasteiger partial charge is 0.238 e. The quantitative estimate of drug-likeness (QED) is 0.146. The second-order valence-corrected chi connectivity index (χ2v) is 14.1. The van der Waals surface area contributed by atoms with Gasteiger partial charge in [0, 0.05) is 38.4 Å². The van der Waals surface area contributed by atoms with Crippen molar-refractivity contribution in [3.05, 3.63) is 207 Å².